The molecule has 0 unspecified atom stereocenters. The molecule has 1 saturated heterocycles. The maximum Gasteiger partial charge on any atom is 0.497 e. The van der Waals surface area contributed by atoms with Gasteiger partial charge in [-0.15, -0.1) is 0 Å². The molecule has 158 valence electrons. The van der Waals surface area contributed by atoms with E-state index < -0.39 is 18.3 Å². The quantitative estimate of drug-likeness (QED) is 0.317. The average molecular weight is 419 g/mol. The highest BCUT2D eigenvalue weighted by Gasteiger charge is 2.52. The number of fused-ring (bicyclic) bond motifs is 5. The largest absolute Gasteiger partial charge is 0.497 e. The molecule has 0 radical (unpaired) electrons. The number of nitrogens with zero attached hydrogens (tertiary/aromatic N) is 1. The Hall–Kier alpha value is -3.08. The average Bonchev–Trinajstić information content (AvgIpc) is 3.24. The van der Waals surface area contributed by atoms with Crippen molar-refractivity contribution in [2.75, 3.05) is 0 Å². The molecule has 0 spiro atoms. The Morgan fingerprint density at radius 2 is 1.28 bits per heavy atom. The number of para-hydroxylation sites is 2. The van der Waals surface area contributed by atoms with E-state index in [0.717, 1.165) is 16.7 Å². The van der Waals surface area contributed by atoms with Crippen molar-refractivity contribution >= 4 is 45.2 Å². The molecule has 0 atom stereocenters. The van der Waals surface area contributed by atoms with E-state index in [1.165, 1.54) is 27.1 Å². The summed E-state index contributed by atoms with van der Waals surface area (Å²) in [5, 5.41) is 4.92. The van der Waals surface area contributed by atoms with Crippen LogP contribution in [-0.4, -0.2) is 22.9 Å². The normalized spacial score (nSPS) is 17.6. The highest BCUT2D eigenvalue weighted by molar-refractivity contribution is 6.66. The molecule has 1 aliphatic rings. The Morgan fingerprint density at radius 1 is 0.688 bits per heavy atom. The van der Waals surface area contributed by atoms with Crippen LogP contribution < -0.4 is 5.46 Å². The van der Waals surface area contributed by atoms with Crippen LogP contribution in [0.25, 0.3) is 38.3 Å². The second kappa shape index (κ2) is 6.71. The Morgan fingerprint density at radius 3 is 2.00 bits per heavy atom. The molecule has 0 amide bonds. The molecular formula is C28H26BNO2. The number of benzene rings is 4. The third-order valence-corrected chi connectivity index (χ3v) is 7.21. The van der Waals surface area contributed by atoms with E-state index in [1.807, 2.05) is 0 Å². The van der Waals surface area contributed by atoms with E-state index >= 15 is 0 Å². The second-order valence-electron chi connectivity index (χ2n) is 9.69. The van der Waals surface area contributed by atoms with E-state index in [2.05, 4.69) is 117 Å². The molecule has 0 aliphatic carbocycles. The third kappa shape index (κ3) is 2.70. The number of aromatic nitrogens is 1. The van der Waals surface area contributed by atoms with Crippen molar-refractivity contribution in [3.8, 4) is 5.69 Å². The number of rotatable bonds is 2. The Kier molecular flexibility index (Phi) is 4.11. The Balaban J connectivity index is 1.79. The molecule has 3 nitrogen and oxygen atoms in total. The molecule has 0 bridgehead atoms. The summed E-state index contributed by atoms with van der Waals surface area (Å²) < 4.78 is 15.5. The van der Waals surface area contributed by atoms with Gasteiger partial charge in [-0.05, 0) is 56.7 Å². The van der Waals surface area contributed by atoms with Crippen LogP contribution in [0.15, 0.2) is 84.9 Å². The monoisotopic (exact) mass is 419 g/mol. The standard InChI is InChI=1S/C28H26BNO2/c1-27(2)28(3,4)32-29(31-27)23-18-19-12-8-9-15-21(19)25-22-16-10-11-17-24(22)30(26(23)25)20-13-6-5-7-14-20/h5-18H,1-4H3. The lowest BCUT2D eigenvalue weighted by Gasteiger charge is -2.32. The SMILES string of the molecule is CC1(C)OB(c2cc3ccccc3c3c4ccccc4n(-c4ccccc4)c23)OC1(C)C. The van der Waals surface area contributed by atoms with Crippen LogP contribution in [0.3, 0.4) is 0 Å². The van der Waals surface area contributed by atoms with Crippen molar-refractivity contribution in [3.05, 3.63) is 84.9 Å². The summed E-state index contributed by atoms with van der Waals surface area (Å²) in [6.45, 7) is 8.44. The highest BCUT2D eigenvalue weighted by Crippen LogP contribution is 2.40. The summed E-state index contributed by atoms with van der Waals surface area (Å²) in [4.78, 5) is 0. The summed E-state index contributed by atoms with van der Waals surface area (Å²) in [5.41, 5.74) is 3.72. The summed E-state index contributed by atoms with van der Waals surface area (Å²) >= 11 is 0. The van der Waals surface area contributed by atoms with Gasteiger partial charge in [-0.2, -0.15) is 0 Å². The minimum absolute atomic E-state index is 0.404. The summed E-state index contributed by atoms with van der Waals surface area (Å²) in [6.07, 6.45) is 0. The van der Waals surface area contributed by atoms with Gasteiger partial charge in [0.25, 0.3) is 0 Å². The molecule has 1 aromatic heterocycles. The van der Waals surface area contributed by atoms with E-state index in [0.29, 0.717) is 0 Å². The lowest BCUT2D eigenvalue weighted by molar-refractivity contribution is 0.00578. The fourth-order valence-corrected chi connectivity index (χ4v) is 4.87. The van der Waals surface area contributed by atoms with Gasteiger partial charge in [-0.3, -0.25) is 0 Å². The lowest BCUT2D eigenvalue weighted by Crippen LogP contribution is -2.41. The van der Waals surface area contributed by atoms with Crippen LogP contribution in [0, 0.1) is 0 Å². The summed E-state index contributed by atoms with van der Waals surface area (Å²) in [5.74, 6) is 0. The molecular weight excluding hydrogens is 393 g/mol. The van der Waals surface area contributed by atoms with Crippen LogP contribution in [0.1, 0.15) is 27.7 Å². The van der Waals surface area contributed by atoms with Crippen molar-refractivity contribution in [3.63, 3.8) is 0 Å². The first-order valence-electron chi connectivity index (χ1n) is 11.2. The Labute approximate surface area is 188 Å². The third-order valence-electron chi connectivity index (χ3n) is 7.21. The predicted molar refractivity (Wildman–Crippen MR) is 134 cm³/mol. The number of hydrogen-bond donors (Lipinski definition) is 0. The smallest absolute Gasteiger partial charge is 0.399 e. The second-order valence-corrected chi connectivity index (χ2v) is 9.69. The van der Waals surface area contributed by atoms with Crippen LogP contribution in [0.5, 0.6) is 0 Å². The first-order chi connectivity index (χ1) is 15.4. The van der Waals surface area contributed by atoms with Gasteiger partial charge in [0.2, 0.25) is 0 Å². The van der Waals surface area contributed by atoms with E-state index in [9.17, 15) is 0 Å². The van der Waals surface area contributed by atoms with Crippen molar-refractivity contribution < 1.29 is 9.31 Å². The molecule has 5 aromatic rings. The molecule has 2 heterocycles. The minimum Gasteiger partial charge on any atom is -0.399 e. The van der Waals surface area contributed by atoms with Crippen LogP contribution >= 0.6 is 0 Å². The first-order valence-corrected chi connectivity index (χ1v) is 11.2. The molecule has 4 heteroatoms. The molecule has 1 aliphatic heterocycles. The van der Waals surface area contributed by atoms with Gasteiger partial charge in [0.1, 0.15) is 0 Å². The van der Waals surface area contributed by atoms with Crippen molar-refractivity contribution in [2.24, 2.45) is 0 Å². The fourth-order valence-electron chi connectivity index (χ4n) is 4.87. The lowest BCUT2D eigenvalue weighted by atomic mass is 9.76. The molecule has 0 saturated carbocycles. The van der Waals surface area contributed by atoms with Crippen molar-refractivity contribution in [2.45, 2.75) is 38.9 Å². The van der Waals surface area contributed by atoms with Crippen LogP contribution in [-0.2, 0) is 9.31 Å². The zero-order chi connectivity index (χ0) is 22.1. The minimum atomic E-state index is -0.445. The van der Waals surface area contributed by atoms with E-state index in [-0.39, 0.29) is 0 Å². The zero-order valence-corrected chi connectivity index (χ0v) is 18.9. The maximum atomic E-state index is 6.56. The molecule has 4 aromatic carbocycles. The van der Waals surface area contributed by atoms with Crippen molar-refractivity contribution in [1.29, 1.82) is 0 Å². The van der Waals surface area contributed by atoms with Gasteiger partial charge in [0.15, 0.2) is 0 Å². The number of hydrogen-bond acceptors (Lipinski definition) is 2. The molecule has 0 N–H and O–H groups in total. The van der Waals surface area contributed by atoms with Crippen LogP contribution in [0.4, 0.5) is 0 Å². The van der Waals surface area contributed by atoms with Gasteiger partial charge in [0, 0.05) is 21.9 Å². The highest BCUT2D eigenvalue weighted by atomic mass is 16.7. The molecule has 1 fully saturated rings. The van der Waals surface area contributed by atoms with Gasteiger partial charge in [-0.1, -0.05) is 66.7 Å². The molecule has 6 rings (SSSR count). The van der Waals surface area contributed by atoms with Gasteiger partial charge >= 0.3 is 7.12 Å². The Bertz CT molecular complexity index is 1470. The van der Waals surface area contributed by atoms with Gasteiger partial charge in [0.05, 0.1) is 22.2 Å². The van der Waals surface area contributed by atoms with E-state index in [4.69, 9.17) is 9.31 Å². The molecule has 32 heavy (non-hydrogen) atoms. The maximum absolute atomic E-state index is 6.56. The van der Waals surface area contributed by atoms with Gasteiger partial charge in [-0.25, -0.2) is 0 Å². The van der Waals surface area contributed by atoms with Gasteiger partial charge < -0.3 is 13.9 Å². The zero-order valence-electron chi connectivity index (χ0n) is 18.9. The summed E-state index contributed by atoms with van der Waals surface area (Å²) in [6, 6.07) is 30.1. The topological polar surface area (TPSA) is 23.4 Å². The predicted octanol–water partition coefficient (Wildman–Crippen LogP) is 6.24. The first kappa shape index (κ1) is 19.6. The summed E-state index contributed by atoms with van der Waals surface area (Å²) in [7, 11) is -0.445. The van der Waals surface area contributed by atoms with Crippen molar-refractivity contribution in [1.82, 2.24) is 4.57 Å². The van der Waals surface area contributed by atoms with E-state index in [1.54, 1.807) is 0 Å². The fraction of sp³-hybridized carbons (Fsp3) is 0.214. The van der Waals surface area contributed by atoms with Crippen LogP contribution in [0.2, 0.25) is 0 Å².